The number of allylic oxidation sites excluding steroid dienone is 1. The van der Waals surface area contributed by atoms with Crippen LogP contribution in [0.3, 0.4) is 0 Å². The molecule has 0 radical (unpaired) electrons. The minimum Gasteiger partial charge on any atom is -0.399 e. The van der Waals surface area contributed by atoms with Crippen LogP contribution >= 0.6 is 11.6 Å². The Bertz CT molecular complexity index is 469. The van der Waals surface area contributed by atoms with E-state index in [4.69, 9.17) is 20.9 Å². The van der Waals surface area contributed by atoms with Gasteiger partial charge in [-0.05, 0) is 46.3 Å². The van der Waals surface area contributed by atoms with Crippen molar-refractivity contribution in [1.82, 2.24) is 4.98 Å². The van der Waals surface area contributed by atoms with Crippen LogP contribution in [0.1, 0.15) is 39.8 Å². The van der Waals surface area contributed by atoms with Gasteiger partial charge in [0.25, 0.3) is 0 Å². The van der Waals surface area contributed by atoms with Crippen LogP contribution in [0, 0.1) is 0 Å². The van der Waals surface area contributed by atoms with E-state index in [1.165, 1.54) is 0 Å². The summed E-state index contributed by atoms with van der Waals surface area (Å²) < 4.78 is 12.0. The van der Waals surface area contributed by atoms with E-state index in [2.05, 4.69) is 4.98 Å². The van der Waals surface area contributed by atoms with Gasteiger partial charge in [0.2, 0.25) is 0 Å². The first-order valence-electron chi connectivity index (χ1n) is 6.90. The summed E-state index contributed by atoms with van der Waals surface area (Å²) in [5.74, 6) is 0.627. The maximum atomic E-state index is 5.99. The fraction of sp³-hybridized carbons (Fsp3) is 0.533. The average Bonchev–Trinajstić information content (AvgIpc) is 2.60. The van der Waals surface area contributed by atoms with E-state index in [-0.39, 0.29) is 18.3 Å². The molecule has 0 unspecified atom stereocenters. The van der Waals surface area contributed by atoms with Crippen LogP contribution < -0.4 is 5.46 Å². The highest BCUT2D eigenvalue weighted by Gasteiger charge is 2.51. The number of alkyl halides is 1. The molecule has 3 nitrogen and oxygen atoms in total. The summed E-state index contributed by atoms with van der Waals surface area (Å²) in [7, 11) is -0.353. The van der Waals surface area contributed by atoms with E-state index < -0.39 is 0 Å². The molecule has 108 valence electrons. The molecule has 0 spiro atoms. The lowest BCUT2D eigenvalue weighted by atomic mass is 9.80. The summed E-state index contributed by atoms with van der Waals surface area (Å²) in [6.07, 6.45) is 6.64. The van der Waals surface area contributed by atoms with Crippen molar-refractivity contribution >= 4 is 30.3 Å². The average molecular weight is 294 g/mol. The number of nitrogens with zero attached hydrogens (tertiary/aromatic N) is 1. The molecule has 2 rings (SSSR count). The van der Waals surface area contributed by atoms with E-state index in [1.807, 2.05) is 58.2 Å². The summed E-state index contributed by atoms with van der Waals surface area (Å²) >= 11 is 5.63. The molecule has 20 heavy (non-hydrogen) atoms. The molecule has 0 saturated carbocycles. The normalized spacial score (nSPS) is 20.8. The van der Waals surface area contributed by atoms with Gasteiger partial charge in [0.1, 0.15) is 0 Å². The first-order valence-corrected chi connectivity index (χ1v) is 7.43. The maximum Gasteiger partial charge on any atom is 0.496 e. The van der Waals surface area contributed by atoms with Crippen LogP contribution in [-0.2, 0) is 9.31 Å². The Hall–Kier alpha value is -0.835. The molecule has 5 heteroatoms. The quantitative estimate of drug-likeness (QED) is 0.632. The molecule has 0 amide bonds. The van der Waals surface area contributed by atoms with Crippen molar-refractivity contribution in [1.29, 1.82) is 0 Å². The van der Waals surface area contributed by atoms with Gasteiger partial charge in [-0.15, -0.1) is 11.6 Å². The van der Waals surface area contributed by atoms with Crippen LogP contribution in [0.15, 0.2) is 24.4 Å². The van der Waals surface area contributed by atoms with Crippen LogP contribution in [0.25, 0.3) is 6.08 Å². The van der Waals surface area contributed by atoms with Gasteiger partial charge in [0.05, 0.1) is 16.9 Å². The smallest absolute Gasteiger partial charge is 0.399 e. The summed E-state index contributed by atoms with van der Waals surface area (Å²) in [5, 5.41) is 0. The van der Waals surface area contributed by atoms with Crippen molar-refractivity contribution in [3.63, 3.8) is 0 Å². The van der Waals surface area contributed by atoms with E-state index >= 15 is 0 Å². The molecule has 0 aromatic carbocycles. The van der Waals surface area contributed by atoms with Crippen LogP contribution in [-0.4, -0.2) is 29.2 Å². The molecule has 1 fully saturated rings. The zero-order valence-corrected chi connectivity index (χ0v) is 13.3. The van der Waals surface area contributed by atoms with Crippen molar-refractivity contribution in [2.45, 2.75) is 45.3 Å². The Morgan fingerprint density at radius 3 is 2.35 bits per heavy atom. The minimum absolute atomic E-state index is 0.323. The molecule has 2 heterocycles. The summed E-state index contributed by atoms with van der Waals surface area (Å²) in [6.45, 7) is 8.18. The van der Waals surface area contributed by atoms with Gasteiger partial charge < -0.3 is 9.31 Å². The first kappa shape index (κ1) is 15.6. The van der Waals surface area contributed by atoms with Crippen molar-refractivity contribution in [3.05, 3.63) is 30.1 Å². The third-order valence-corrected chi connectivity index (χ3v) is 4.12. The molecule has 1 aliphatic rings. The van der Waals surface area contributed by atoms with E-state index in [0.717, 1.165) is 17.6 Å². The molecular weight excluding hydrogens is 272 g/mol. The zero-order valence-electron chi connectivity index (χ0n) is 12.5. The molecule has 0 atom stereocenters. The second-order valence-electron chi connectivity index (χ2n) is 5.98. The van der Waals surface area contributed by atoms with Gasteiger partial charge >= 0.3 is 7.12 Å². The van der Waals surface area contributed by atoms with E-state index in [9.17, 15) is 0 Å². The number of hydrogen-bond acceptors (Lipinski definition) is 3. The summed E-state index contributed by atoms with van der Waals surface area (Å²) in [6, 6.07) is 3.96. The number of rotatable bonds is 4. The van der Waals surface area contributed by atoms with Crippen molar-refractivity contribution in [2.75, 3.05) is 5.88 Å². The second kappa shape index (κ2) is 5.88. The van der Waals surface area contributed by atoms with Gasteiger partial charge in [-0.2, -0.15) is 0 Å². The van der Waals surface area contributed by atoms with Crippen LogP contribution in [0.4, 0.5) is 0 Å². The third-order valence-electron chi connectivity index (χ3n) is 3.90. The molecule has 1 saturated heterocycles. The van der Waals surface area contributed by atoms with Crippen LogP contribution in [0.5, 0.6) is 0 Å². The van der Waals surface area contributed by atoms with Gasteiger partial charge in [0.15, 0.2) is 0 Å². The number of halogens is 1. The van der Waals surface area contributed by atoms with Gasteiger partial charge in [0, 0.05) is 17.5 Å². The molecular formula is C15H21BClNO2. The van der Waals surface area contributed by atoms with Crippen molar-refractivity contribution in [3.8, 4) is 0 Å². The fourth-order valence-corrected chi connectivity index (χ4v) is 2.03. The fourth-order valence-electron chi connectivity index (χ4n) is 1.90. The Balaban J connectivity index is 2.08. The molecule has 0 aliphatic carbocycles. The summed E-state index contributed by atoms with van der Waals surface area (Å²) in [5.41, 5.74) is 1.21. The SMILES string of the molecule is CC1(C)OB(c2ccc(C=CCCCl)nc2)OC1(C)C. The van der Waals surface area contributed by atoms with Crippen molar-refractivity contribution in [2.24, 2.45) is 0 Å². The van der Waals surface area contributed by atoms with E-state index in [0.29, 0.717) is 5.88 Å². The topological polar surface area (TPSA) is 31.4 Å². The van der Waals surface area contributed by atoms with Gasteiger partial charge in [-0.25, -0.2) is 0 Å². The van der Waals surface area contributed by atoms with Gasteiger partial charge in [-0.3, -0.25) is 4.98 Å². The highest BCUT2D eigenvalue weighted by atomic mass is 35.5. The molecule has 1 aromatic rings. The number of pyridine rings is 1. The van der Waals surface area contributed by atoms with E-state index in [1.54, 1.807) is 0 Å². The molecule has 1 aliphatic heterocycles. The predicted octanol–water partition coefficient (Wildman–Crippen LogP) is 3.02. The maximum absolute atomic E-state index is 5.99. The van der Waals surface area contributed by atoms with Gasteiger partial charge in [-0.1, -0.05) is 12.1 Å². The lowest BCUT2D eigenvalue weighted by Crippen LogP contribution is -2.41. The monoisotopic (exact) mass is 293 g/mol. The Morgan fingerprint density at radius 2 is 1.85 bits per heavy atom. The molecule has 1 aromatic heterocycles. The Labute approximate surface area is 126 Å². The lowest BCUT2D eigenvalue weighted by Gasteiger charge is -2.32. The number of hydrogen-bond donors (Lipinski definition) is 0. The predicted molar refractivity (Wildman–Crippen MR) is 84.3 cm³/mol. The Morgan fingerprint density at radius 1 is 1.20 bits per heavy atom. The largest absolute Gasteiger partial charge is 0.496 e. The second-order valence-corrected chi connectivity index (χ2v) is 6.36. The number of aromatic nitrogens is 1. The Kier molecular flexibility index (Phi) is 4.57. The minimum atomic E-state index is -0.353. The lowest BCUT2D eigenvalue weighted by molar-refractivity contribution is 0.00578. The molecule has 0 bridgehead atoms. The van der Waals surface area contributed by atoms with Crippen molar-refractivity contribution < 1.29 is 9.31 Å². The third kappa shape index (κ3) is 3.25. The van der Waals surface area contributed by atoms with Crippen LogP contribution in [0.2, 0.25) is 0 Å². The summed E-state index contributed by atoms with van der Waals surface area (Å²) in [4.78, 5) is 4.40. The standard InChI is InChI=1S/C15H21BClNO2/c1-14(2)15(3,4)20-16(19-14)12-8-9-13(18-11-12)7-5-6-10-17/h5,7-9,11H,6,10H2,1-4H3. The first-order chi connectivity index (χ1) is 9.36. The zero-order chi connectivity index (χ0) is 14.8. The highest BCUT2D eigenvalue weighted by Crippen LogP contribution is 2.36. The molecule has 0 N–H and O–H groups in total. The highest BCUT2D eigenvalue weighted by molar-refractivity contribution is 6.62.